The summed E-state index contributed by atoms with van der Waals surface area (Å²) in [5.74, 6) is -1.36. The largest absolute Gasteiger partial charge is 0.503 e. The summed E-state index contributed by atoms with van der Waals surface area (Å²) in [4.78, 5) is 28.1. The summed E-state index contributed by atoms with van der Waals surface area (Å²) in [6.45, 7) is 4.53. The van der Waals surface area contributed by atoms with Gasteiger partial charge >= 0.3 is 0 Å². The molecular weight excluding hydrogens is 458 g/mol. The number of carbonyl (C=O) groups is 2. The van der Waals surface area contributed by atoms with Crippen molar-refractivity contribution in [2.75, 3.05) is 6.54 Å². The van der Waals surface area contributed by atoms with Crippen molar-refractivity contribution >= 4 is 38.6 Å². The van der Waals surface area contributed by atoms with Crippen LogP contribution in [-0.2, 0) is 4.79 Å². The summed E-state index contributed by atoms with van der Waals surface area (Å²) in [6.07, 6.45) is 2.78. The van der Waals surface area contributed by atoms with Crippen molar-refractivity contribution in [1.29, 1.82) is 0 Å². The molecule has 1 amide bonds. The molecule has 1 N–H and O–H groups in total. The molecule has 4 rings (SSSR count). The minimum atomic E-state index is -0.642. The first-order chi connectivity index (χ1) is 14.9. The van der Waals surface area contributed by atoms with E-state index in [4.69, 9.17) is 4.42 Å². The Morgan fingerprint density at radius 3 is 2.71 bits per heavy atom. The summed E-state index contributed by atoms with van der Waals surface area (Å²) >= 11 is 3.42. The number of furan rings is 1. The number of hydrogen-bond donors (Lipinski definition) is 1. The number of unbranched alkanes of at least 4 members (excludes halogenated alkanes) is 2. The molecule has 1 aliphatic rings. The third-order valence-electron chi connectivity index (χ3n) is 5.61. The number of halogens is 1. The first kappa shape index (κ1) is 21.4. The quantitative estimate of drug-likeness (QED) is 0.318. The molecule has 0 bridgehead atoms. The molecule has 6 heteroatoms. The second kappa shape index (κ2) is 8.71. The van der Waals surface area contributed by atoms with Gasteiger partial charge in [0.1, 0.15) is 5.58 Å². The van der Waals surface area contributed by atoms with E-state index >= 15 is 0 Å². The number of aliphatic hydroxyl groups excluding tert-OH is 1. The van der Waals surface area contributed by atoms with Crippen LogP contribution in [0.2, 0.25) is 0 Å². The van der Waals surface area contributed by atoms with Gasteiger partial charge in [-0.25, -0.2) is 0 Å². The van der Waals surface area contributed by atoms with Crippen LogP contribution in [0.15, 0.2) is 68.8 Å². The number of hydrogen-bond acceptors (Lipinski definition) is 4. The van der Waals surface area contributed by atoms with Crippen LogP contribution >= 0.6 is 15.9 Å². The zero-order chi connectivity index (χ0) is 22.1. The van der Waals surface area contributed by atoms with E-state index in [1.54, 1.807) is 17.0 Å². The number of carbonyl (C=O) groups excluding carboxylic acids is 2. The van der Waals surface area contributed by atoms with E-state index < -0.39 is 23.5 Å². The minimum Gasteiger partial charge on any atom is -0.503 e. The van der Waals surface area contributed by atoms with Crippen molar-refractivity contribution in [1.82, 2.24) is 4.90 Å². The van der Waals surface area contributed by atoms with E-state index in [0.717, 1.165) is 40.2 Å². The molecule has 1 aromatic heterocycles. The summed E-state index contributed by atoms with van der Waals surface area (Å²) in [7, 11) is 0. The van der Waals surface area contributed by atoms with Gasteiger partial charge in [-0.15, -0.1) is 0 Å². The highest BCUT2D eigenvalue weighted by atomic mass is 79.9. The minimum absolute atomic E-state index is 0.0743. The predicted octanol–water partition coefficient (Wildman–Crippen LogP) is 6.27. The highest BCUT2D eigenvalue weighted by Gasteiger charge is 2.44. The molecule has 0 saturated carbocycles. The number of ketones is 1. The molecule has 1 aliphatic heterocycles. The van der Waals surface area contributed by atoms with Crippen molar-refractivity contribution in [3.63, 3.8) is 0 Å². The van der Waals surface area contributed by atoms with Gasteiger partial charge in [-0.1, -0.05) is 65.5 Å². The number of fused-ring (bicyclic) bond motifs is 1. The maximum atomic E-state index is 13.5. The SMILES string of the molecule is CCCCCN1C(=O)C(O)=C(C(=O)c2cc3cc(Br)ccc3o2)C1c1cccc(C)c1. The molecule has 1 atom stereocenters. The Morgan fingerprint density at radius 1 is 1.16 bits per heavy atom. The Hall–Kier alpha value is -2.86. The second-order valence-electron chi connectivity index (χ2n) is 7.91. The molecular formula is C25H24BrNO4. The number of aliphatic hydroxyl groups is 1. The first-order valence-corrected chi connectivity index (χ1v) is 11.2. The average molecular weight is 482 g/mol. The molecule has 1 unspecified atom stereocenters. The van der Waals surface area contributed by atoms with Gasteiger partial charge in [-0.3, -0.25) is 9.59 Å². The van der Waals surface area contributed by atoms with Crippen LogP contribution in [0.1, 0.15) is 53.9 Å². The molecule has 0 saturated heterocycles. The maximum Gasteiger partial charge on any atom is 0.290 e. The van der Waals surface area contributed by atoms with Crippen molar-refractivity contribution in [3.8, 4) is 0 Å². The predicted molar refractivity (Wildman–Crippen MR) is 123 cm³/mol. The third-order valence-corrected chi connectivity index (χ3v) is 6.10. The van der Waals surface area contributed by atoms with Gasteiger partial charge < -0.3 is 14.4 Å². The zero-order valence-corrected chi connectivity index (χ0v) is 19.1. The van der Waals surface area contributed by atoms with Gasteiger partial charge in [0.25, 0.3) is 5.91 Å². The molecule has 0 fully saturated rings. The smallest absolute Gasteiger partial charge is 0.290 e. The van der Waals surface area contributed by atoms with Crippen LogP contribution in [0.25, 0.3) is 11.0 Å². The number of benzene rings is 2. The van der Waals surface area contributed by atoms with Crippen molar-refractivity contribution in [3.05, 3.63) is 81.2 Å². The van der Waals surface area contributed by atoms with Crippen LogP contribution in [0.3, 0.4) is 0 Å². The Bertz CT molecular complexity index is 1190. The van der Waals surface area contributed by atoms with Crippen molar-refractivity contribution in [2.24, 2.45) is 0 Å². The molecule has 0 aliphatic carbocycles. The number of aryl methyl sites for hydroxylation is 1. The highest BCUT2D eigenvalue weighted by molar-refractivity contribution is 9.10. The molecule has 5 nitrogen and oxygen atoms in total. The fourth-order valence-electron chi connectivity index (χ4n) is 4.09. The normalized spacial score (nSPS) is 16.5. The van der Waals surface area contributed by atoms with Crippen LogP contribution in [-0.4, -0.2) is 28.2 Å². The van der Waals surface area contributed by atoms with Gasteiger partial charge in [0.05, 0.1) is 11.6 Å². The van der Waals surface area contributed by atoms with E-state index in [2.05, 4.69) is 22.9 Å². The van der Waals surface area contributed by atoms with E-state index in [1.807, 2.05) is 43.3 Å². The van der Waals surface area contributed by atoms with Gasteiger partial charge in [0.2, 0.25) is 5.78 Å². The van der Waals surface area contributed by atoms with E-state index in [-0.39, 0.29) is 11.3 Å². The fourth-order valence-corrected chi connectivity index (χ4v) is 4.47. The second-order valence-corrected chi connectivity index (χ2v) is 8.82. The highest BCUT2D eigenvalue weighted by Crippen LogP contribution is 2.40. The zero-order valence-electron chi connectivity index (χ0n) is 17.5. The number of Topliss-reactive ketones (excluding diaryl/α,β-unsaturated/α-hetero) is 1. The van der Waals surface area contributed by atoms with Crippen molar-refractivity contribution in [2.45, 2.75) is 39.2 Å². The van der Waals surface area contributed by atoms with Gasteiger partial charge in [-0.2, -0.15) is 0 Å². The van der Waals surface area contributed by atoms with Crippen LogP contribution < -0.4 is 0 Å². The Labute approximate surface area is 189 Å². The lowest BCUT2D eigenvalue weighted by atomic mass is 9.94. The lowest BCUT2D eigenvalue weighted by molar-refractivity contribution is -0.129. The van der Waals surface area contributed by atoms with Crippen molar-refractivity contribution < 1.29 is 19.1 Å². The summed E-state index contributed by atoms with van der Waals surface area (Å²) < 4.78 is 6.65. The van der Waals surface area contributed by atoms with Crippen LogP contribution in [0.4, 0.5) is 0 Å². The number of rotatable bonds is 7. The molecule has 0 radical (unpaired) electrons. The molecule has 2 aromatic carbocycles. The molecule has 160 valence electrons. The van der Waals surface area contributed by atoms with Crippen LogP contribution in [0, 0.1) is 6.92 Å². The molecule has 31 heavy (non-hydrogen) atoms. The Balaban J connectivity index is 1.78. The lowest BCUT2D eigenvalue weighted by Crippen LogP contribution is -2.32. The Kier molecular flexibility index (Phi) is 6.01. The van der Waals surface area contributed by atoms with E-state index in [0.29, 0.717) is 12.1 Å². The number of amides is 1. The third kappa shape index (κ3) is 4.04. The standard InChI is InChI=1S/C25H24BrNO4/c1-3-4-5-11-27-22(16-8-6-7-15(2)12-16)21(24(29)25(27)30)23(28)20-14-17-13-18(26)9-10-19(17)31-20/h6-10,12-14,22,29H,3-5,11H2,1-2H3. The van der Waals surface area contributed by atoms with E-state index in [1.165, 1.54) is 0 Å². The molecule has 2 heterocycles. The number of nitrogens with zero attached hydrogens (tertiary/aromatic N) is 1. The summed E-state index contributed by atoms with van der Waals surface area (Å²) in [6, 6.07) is 14.2. The molecule has 0 spiro atoms. The monoisotopic (exact) mass is 481 g/mol. The molecule has 3 aromatic rings. The van der Waals surface area contributed by atoms with Crippen LogP contribution in [0.5, 0.6) is 0 Å². The first-order valence-electron chi connectivity index (χ1n) is 10.4. The maximum absolute atomic E-state index is 13.5. The van der Waals surface area contributed by atoms with Gasteiger partial charge in [-0.05, 0) is 43.2 Å². The fraction of sp³-hybridized carbons (Fsp3) is 0.280. The van der Waals surface area contributed by atoms with Gasteiger partial charge in [0.15, 0.2) is 11.5 Å². The van der Waals surface area contributed by atoms with E-state index in [9.17, 15) is 14.7 Å². The topological polar surface area (TPSA) is 70.8 Å². The average Bonchev–Trinajstić information content (AvgIpc) is 3.27. The Morgan fingerprint density at radius 2 is 1.97 bits per heavy atom. The lowest BCUT2D eigenvalue weighted by Gasteiger charge is -2.27. The summed E-state index contributed by atoms with van der Waals surface area (Å²) in [5, 5.41) is 11.5. The van der Waals surface area contributed by atoms with Gasteiger partial charge in [0, 0.05) is 16.4 Å². The summed E-state index contributed by atoms with van der Waals surface area (Å²) in [5.41, 5.74) is 2.47.